The van der Waals surface area contributed by atoms with Gasteiger partial charge in [0.25, 0.3) is 5.91 Å². The molecule has 0 bridgehead atoms. The van der Waals surface area contributed by atoms with Crippen LogP contribution >= 0.6 is 11.6 Å². The van der Waals surface area contributed by atoms with Crippen LogP contribution in [0.2, 0.25) is 5.28 Å². The first-order chi connectivity index (χ1) is 15.0. The number of halogens is 2. The molecule has 2 aromatic rings. The van der Waals surface area contributed by atoms with E-state index in [1.807, 2.05) is 43.1 Å². The van der Waals surface area contributed by atoms with Crippen LogP contribution in [0, 0.1) is 17.7 Å². The maximum atomic E-state index is 13.3. The van der Waals surface area contributed by atoms with E-state index in [0.717, 1.165) is 48.9 Å². The molecule has 0 spiro atoms. The average molecular weight is 447 g/mol. The minimum absolute atomic E-state index is 0.113. The third-order valence-electron chi connectivity index (χ3n) is 5.18. The SMILES string of the molecule is C/C=C\c1cc(C(=O)NCC)oc1/C=C/CC.Fc1cnc(Cl)nc1N1CC2CC2C1. The highest BCUT2D eigenvalue weighted by Gasteiger charge is 2.46. The Morgan fingerprint density at radius 2 is 2.10 bits per heavy atom. The van der Waals surface area contributed by atoms with Crippen LogP contribution in [0.25, 0.3) is 12.2 Å². The van der Waals surface area contributed by atoms with E-state index in [4.69, 9.17) is 16.0 Å². The lowest BCUT2D eigenvalue weighted by Crippen LogP contribution is -2.24. The quantitative estimate of drug-likeness (QED) is 0.616. The molecule has 2 atom stereocenters. The first-order valence-electron chi connectivity index (χ1n) is 10.6. The molecular formula is C23H28ClFN4O2. The largest absolute Gasteiger partial charge is 0.451 e. The monoisotopic (exact) mass is 446 g/mol. The molecule has 2 aliphatic rings. The van der Waals surface area contributed by atoms with Gasteiger partial charge in [0, 0.05) is 25.2 Å². The maximum Gasteiger partial charge on any atom is 0.287 e. The Morgan fingerprint density at radius 3 is 2.74 bits per heavy atom. The topological polar surface area (TPSA) is 71.3 Å². The first kappa shape index (κ1) is 23.0. The van der Waals surface area contributed by atoms with E-state index in [1.54, 1.807) is 6.07 Å². The molecule has 1 saturated heterocycles. The van der Waals surface area contributed by atoms with Crippen LogP contribution in [0.4, 0.5) is 10.2 Å². The lowest BCUT2D eigenvalue weighted by atomic mass is 10.2. The Labute approximate surface area is 187 Å². The second-order valence-corrected chi connectivity index (χ2v) is 7.91. The van der Waals surface area contributed by atoms with Gasteiger partial charge in [0.05, 0.1) is 6.20 Å². The van der Waals surface area contributed by atoms with E-state index < -0.39 is 0 Å². The molecule has 1 aliphatic carbocycles. The zero-order chi connectivity index (χ0) is 22.4. The van der Waals surface area contributed by atoms with Gasteiger partial charge in [-0.05, 0) is 62.3 Å². The van der Waals surface area contributed by atoms with E-state index in [2.05, 4.69) is 22.2 Å². The fourth-order valence-corrected chi connectivity index (χ4v) is 3.70. The number of carbonyl (C=O) groups excluding carboxylic acids is 1. The Kier molecular flexibility index (Phi) is 7.85. The molecule has 0 aromatic carbocycles. The van der Waals surface area contributed by atoms with Gasteiger partial charge in [0.15, 0.2) is 17.4 Å². The summed E-state index contributed by atoms with van der Waals surface area (Å²) < 4.78 is 18.9. The number of aromatic nitrogens is 2. The number of allylic oxidation sites excluding steroid dienone is 2. The molecule has 1 saturated carbocycles. The van der Waals surface area contributed by atoms with Crippen molar-refractivity contribution in [2.24, 2.45) is 11.8 Å². The molecule has 0 radical (unpaired) electrons. The number of rotatable bonds is 6. The third kappa shape index (κ3) is 5.94. The third-order valence-corrected chi connectivity index (χ3v) is 5.36. The smallest absolute Gasteiger partial charge is 0.287 e. The number of furan rings is 1. The van der Waals surface area contributed by atoms with Crippen molar-refractivity contribution in [1.82, 2.24) is 15.3 Å². The van der Waals surface area contributed by atoms with Gasteiger partial charge in [0.1, 0.15) is 5.76 Å². The average Bonchev–Trinajstić information content (AvgIpc) is 3.17. The lowest BCUT2D eigenvalue weighted by Gasteiger charge is -2.18. The van der Waals surface area contributed by atoms with Gasteiger partial charge < -0.3 is 14.6 Å². The summed E-state index contributed by atoms with van der Waals surface area (Å²) in [6.07, 6.45) is 11.1. The zero-order valence-corrected chi connectivity index (χ0v) is 18.8. The molecule has 4 rings (SSSR count). The highest BCUT2D eigenvalue weighted by Crippen LogP contribution is 2.46. The molecular weight excluding hydrogens is 419 g/mol. The van der Waals surface area contributed by atoms with Gasteiger partial charge in [-0.25, -0.2) is 9.37 Å². The highest BCUT2D eigenvalue weighted by molar-refractivity contribution is 6.28. The number of hydrogen-bond donors (Lipinski definition) is 1. The molecule has 8 heteroatoms. The van der Waals surface area contributed by atoms with E-state index in [1.165, 1.54) is 6.42 Å². The van der Waals surface area contributed by atoms with Crippen molar-refractivity contribution in [2.75, 3.05) is 24.5 Å². The van der Waals surface area contributed by atoms with Crippen LogP contribution in [-0.2, 0) is 0 Å². The van der Waals surface area contributed by atoms with Crippen molar-refractivity contribution in [3.8, 4) is 0 Å². The summed E-state index contributed by atoms with van der Waals surface area (Å²) in [5, 5.41) is 2.83. The number of hydrogen-bond acceptors (Lipinski definition) is 5. The van der Waals surface area contributed by atoms with Gasteiger partial charge >= 0.3 is 0 Å². The number of nitrogens with one attached hydrogen (secondary N) is 1. The van der Waals surface area contributed by atoms with E-state index in [0.29, 0.717) is 18.1 Å². The van der Waals surface area contributed by atoms with Gasteiger partial charge in [-0.2, -0.15) is 4.98 Å². The van der Waals surface area contributed by atoms with E-state index >= 15 is 0 Å². The molecule has 31 heavy (non-hydrogen) atoms. The summed E-state index contributed by atoms with van der Waals surface area (Å²) in [6.45, 7) is 8.29. The molecule has 2 aromatic heterocycles. The van der Waals surface area contributed by atoms with Crippen LogP contribution in [0.3, 0.4) is 0 Å². The number of anilines is 1. The molecule has 1 N–H and O–H groups in total. The summed E-state index contributed by atoms with van der Waals surface area (Å²) in [7, 11) is 0. The van der Waals surface area contributed by atoms with Crippen LogP contribution in [-0.4, -0.2) is 35.5 Å². The standard InChI is InChI=1S/C14H19NO2.C9H9ClFN3/c1-4-7-9-12-11(8-5-2)10-13(17-12)14(16)15-6-3;10-9-12-2-7(11)8(13-9)14-3-5-1-6(5)4-14/h5,7-10H,4,6H2,1-3H3,(H,15,16);2,5-6H,1,3-4H2/b8-5-,9-7+;. The molecule has 6 nitrogen and oxygen atoms in total. The second kappa shape index (κ2) is 10.6. The van der Waals surface area contributed by atoms with Crippen molar-refractivity contribution < 1.29 is 13.6 Å². The van der Waals surface area contributed by atoms with Crippen molar-refractivity contribution in [3.63, 3.8) is 0 Å². The molecule has 1 amide bonds. The normalized spacial score (nSPS) is 19.5. The molecule has 1 aliphatic heterocycles. The summed E-state index contributed by atoms with van der Waals surface area (Å²) in [6, 6.07) is 1.76. The highest BCUT2D eigenvalue weighted by atomic mass is 35.5. The molecule has 166 valence electrons. The van der Waals surface area contributed by atoms with Crippen LogP contribution < -0.4 is 10.2 Å². The number of nitrogens with zero attached hydrogens (tertiary/aromatic N) is 3. The van der Waals surface area contributed by atoms with Gasteiger partial charge in [-0.15, -0.1) is 0 Å². The predicted molar refractivity (Wildman–Crippen MR) is 122 cm³/mol. The van der Waals surface area contributed by atoms with Crippen LogP contribution in [0.5, 0.6) is 0 Å². The molecule has 3 heterocycles. The van der Waals surface area contributed by atoms with Crippen LogP contribution in [0.15, 0.2) is 28.8 Å². The fourth-order valence-electron chi connectivity index (χ4n) is 3.57. The number of piperidine rings is 1. The Hall–Kier alpha value is -2.67. The minimum Gasteiger partial charge on any atom is -0.451 e. The van der Waals surface area contributed by atoms with E-state index in [9.17, 15) is 9.18 Å². The second-order valence-electron chi connectivity index (χ2n) is 7.57. The maximum absolute atomic E-state index is 13.3. The molecule has 2 unspecified atom stereocenters. The molecule has 2 fully saturated rings. The Morgan fingerprint density at radius 1 is 1.35 bits per heavy atom. The van der Waals surface area contributed by atoms with Crippen molar-refractivity contribution in [3.05, 3.63) is 52.6 Å². The number of fused-ring (bicyclic) bond motifs is 1. The van der Waals surface area contributed by atoms with Gasteiger partial charge in [-0.3, -0.25) is 4.79 Å². The summed E-state index contributed by atoms with van der Waals surface area (Å²) in [5.41, 5.74) is 0.929. The van der Waals surface area contributed by atoms with Gasteiger partial charge in [-0.1, -0.05) is 25.2 Å². The number of amides is 1. The summed E-state index contributed by atoms with van der Waals surface area (Å²) in [5.74, 6) is 2.40. The number of carbonyl (C=O) groups is 1. The summed E-state index contributed by atoms with van der Waals surface area (Å²) >= 11 is 5.63. The van der Waals surface area contributed by atoms with Gasteiger partial charge in [0.2, 0.25) is 5.28 Å². The predicted octanol–water partition coefficient (Wildman–Crippen LogP) is 5.21. The lowest BCUT2D eigenvalue weighted by molar-refractivity contribution is 0.0928. The minimum atomic E-state index is -0.379. The first-order valence-corrected chi connectivity index (χ1v) is 11.0. The fraction of sp³-hybridized carbons (Fsp3) is 0.435. The Bertz CT molecular complexity index is 962. The summed E-state index contributed by atoms with van der Waals surface area (Å²) in [4.78, 5) is 21.1. The van der Waals surface area contributed by atoms with E-state index in [-0.39, 0.29) is 17.0 Å². The zero-order valence-electron chi connectivity index (χ0n) is 18.1. The van der Waals surface area contributed by atoms with Crippen molar-refractivity contribution in [1.29, 1.82) is 0 Å². The van der Waals surface area contributed by atoms with Crippen molar-refractivity contribution >= 4 is 35.5 Å². The van der Waals surface area contributed by atoms with Crippen molar-refractivity contribution in [2.45, 2.75) is 33.6 Å². The Balaban J connectivity index is 0.000000178. The van der Waals surface area contributed by atoms with Crippen LogP contribution in [0.1, 0.15) is 55.5 Å².